The minimum Gasteiger partial charge on any atom is -0.496 e. The van der Waals surface area contributed by atoms with Crippen LogP contribution in [0.5, 0.6) is 5.75 Å². The van der Waals surface area contributed by atoms with Crippen LogP contribution in [-0.2, 0) is 6.54 Å². The van der Waals surface area contributed by atoms with Crippen molar-refractivity contribution in [1.82, 2.24) is 26.2 Å². The van der Waals surface area contributed by atoms with Crippen LogP contribution in [0, 0.1) is 0 Å². The molecule has 1 aromatic rings. The second-order valence-electron chi connectivity index (χ2n) is 7.83. The first-order chi connectivity index (χ1) is 13.7. The molecule has 3 rings (SSSR count). The molecule has 7 heteroatoms. The molecule has 0 spiro atoms. The highest BCUT2D eigenvalue weighted by atomic mass is 16.5. The lowest BCUT2D eigenvalue weighted by Crippen LogP contribution is -2.62. The number of rotatable bonds is 10. The van der Waals surface area contributed by atoms with Gasteiger partial charge >= 0.3 is 0 Å². The van der Waals surface area contributed by atoms with Crippen LogP contribution in [0.1, 0.15) is 38.2 Å². The maximum Gasteiger partial charge on any atom is 0.136 e. The van der Waals surface area contributed by atoms with E-state index in [1.54, 1.807) is 7.11 Å². The minimum atomic E-state index is 0.128. The monoisotopic (exact) mass is 390 g/mol. The molecule has 2 saturated heterocycles. The molecule has 158 valence electrons. The van der Waals surface area contributed by atoms with Gasteiger partial charge in [0, 0.05) is 43.5 Å². The van der Waals surface area contributed by atoms with Gasteiger partial charge in [0.05, 0.1) is 13.3 Å². The molecule has 2 fully saturated rings. The number of nitrogens with zero attached hydrogens (tertiary/aromatic N) is 1. The topological polar surface area (TPSA) is 72.6 Å². The average molecular weight is 391 g/mol. The molecule has 2 unspecified atom stereocenters. The summed E-state index contributed by atoms with van der Waals surface area (Å²) in [6, 6.07) is 6.98. The van der Waals surface area contributed by atoms with E-state index in [1.807, 2.05) is 7.05 Å². The quantitative estimate of drug-likeness (QED) is 0.414. The van der Waals surface area contributed by atoms with Crippen LogP contribution in [0.4, 0.5) is 5.69 Å². The fraction of sp³-hybridized carbons (Fsp3) is 0.714. The maximum absolute atomic E-state index is 5.59. The number of ether oxygens (including phenoxy) is 1. The fourth-order valence-electron chi connectivity index (χ4n) is 4.17. The molecule has 2 heterocycles. The Morgan fingerprint density at radius 3 is 2.89 bits per heavy atom. The van der Waals surface area contributed by atoms with Crippen molar-refractivity contribution in [2.45, 2.75) is 57.6 Å². The van der Waals surface area contributed by atoms with Gasteiger partial charge in [-0.2, -0.15) is 0 Å². The smallest absolute Gasteiger partial charge is 0.136 e. The molecule has 3 atom stereocenters. The fourth-order valence-corrected chi connectivity index (χ4v) is 4.17. The van der Waals surface area contributed by atoms with Gasteiger partial charge in [0.2, 0.25) is 0 Å². The second-order valence-corrected chi connectivity index (χ2v) is 7.83. The number of nitrogens with one attached hydrogen (secondary N) is 5. The summed E-state index contributed by atoms with van der Waals surface area (Å²) in [6.07, 6.45) is 5.27. The van der Waals surface area contributed by atoms with E-state index < -0.39 is 0 Å². The predicted molar refractivity (Wildman–Crippen MR) is 116 cm³/mol. The summed E-state index contributed by atoms with van der Waals surface area (Å²) in [5.41, 5.74) is 2.31. The number of hydrogen-bond donors (Lipinski definition) is 5. The first kappa shape index (κ1) is 21.3. The van der Waals surface area contributed by atoms with E-state index in [2.05, 4.69) is 56.6 Å². The van der Waals surface area contributed by atoms with Crippen molar-refractivity contribution >= 4 is 5.69 Å². The third-order valence-corrected chi connectivity index (χ3v) is 5.74. The molecular formula is C21H38N6O. The summed E-state index contributed by atoms with van der Waals surface area (Å²) in [7, 11) is 3.76. The van der Waals surface area contributed by atoms with Crippen LogP contribution < -0.4 is 31.3 Å². The van der Waals surface area contributed by atoms with Gasteiger partial charge in [-0.05, 0) is 57.5 Å². The Hall–Kier alpha value is -1.38. The highest BCUT2D eigenvalue weighted by Gasteiger charge is 2.26. The molecule has 0 saturated carbocycles. The zero-order valence-electron chi connectivity index (χ0n) is 17.7. The van der Waals surface area contributed by atoms with Gasteiger partial charge in [-0.25, -0.2) is 0 Å². The molecule has 0 amide bonds. The molecule has 0 aromatic heterocycles. The Morgan fingerprint density at radius 2 is 2.18 bits per heavy atom. The summed E-state index contributed by atoms with van der Waals surface area (Å²) < 4.78 is 5.59. The number of hydrogen-bond acceptors (Lipinski definition) is 7. The number of benzene rings is 1. The maximum atomic E-state index is 5.59. The van der Waals surface area contributed by atoms with E-state index in [4.69, 9.17) is 4.74 Å². The first-order valence-corrected chi connectivity index (χ1v) is 10.8. The standard InChI is InChI=1S/C21H38N6O/c1-4-11-27-12-9-20(22-2)26-21(27)25-17-7-8-19(28-3)16(13-17)14-23-15-18-6-5-10-24-18/h7-8,13,18,20-26H,4-6,9-12,14-15H2,1-3H3/t18-,20?,21?/m0/s1. The molecule has 5 N–H and O–H groups in total. The van der Waals surface area contributed by atoms with Gasteiger partial charge < -0.3 is 26.0 Å². The average Bonchev–Trinajstić information content (AvgIpc) is 3.23. The normalized spacial score (nSPS) is 25.8. The Bertz CT molecular complexity index is 592. The van der Waals surface area contributed by atoms with Crippen molar-refractivity contribution in [1.29, 1.82) is 0 Å². The lowest BCUT2D eigenvalue weighted by atomic mass is 10.1. The lowest BCUT2D eigenvalue weighted by Gasteiger charge is -2.41. The van der Waals surface area contributed by atoms with Crippen molar-refractivity contribution in [3.63, 3.8) is 0 Å². The van der Waals surface area contributed by atoms with Gasteiger partial charge in [-0.15, -0.1) is 0 Å². The van der Waals surface area contributed by atoms with E-state index in [0.29, 0.717) is 12.2 Å². The zero-order valence-corrected chi connectivity index (χ0v) is 17.7. The molecule has 1 aromatic carbocycles. The molecular weight excluding hydrogens is 352 g/mol. The minimum absolute atomic E-state index is 0.128. The third-order valence-electron chi connectivity index (χ3n) is 5.74. The van der Waals surface area contributed by atoms with Crippen LogP contribution in [0.15, 0.2) is 18.2 Å². The molecule has 0 radical (unpaired) electrons. The first-order valence-electron chi connectivity index (χ1n) is 10.8. The second kappa shape index (κ2) is 11.0. The molecule has 7 nitrogen and oxygen atoms in total. The lowest BCUT2D eigenvalue weighted by molar-refractivity contribution is 0.113. The van der Waals surface area contributed by atoms with Gasteiger partial charge in [-0.3, -0.25) is 10.2 Å². The Labute approximate surface area is 170 Å². The highest BCUT2D eigenvalue weighted by Crippen LogP contribution is 2.24. The van der Waals surface area contributed by atoms with Crippen molar-refractivity contribution in [2.75, 3.05) is 45.7 Å². The Morgan fingerprint density at radius 1 is 1.29 bits per heavy atom. The van der Waals surface area contributed by atoms with Crippen molar-refractivity contribution < 1.29 is 4.74 Å². The molecule has 0 bridgehead atoms. The number of methoxy groups -OCH3 is 1. The molecule has 28 heavy (non-hydrogen) atoms. The summed E-state index contributed by atoms with van der Waals surface area (Å²) >= 11 is 0. The van der Waals surface area contributed by atoms with Crippen LogP contribution in [-0.4, -0.2) is 63.7 Å². The molecule has 2 aliphatic heterocycles. The highest BCUT2D eigenvalue weighted by molar-refractivity contribution is 5.51. The summed E-state index contributed by atoms with van der Waals surface area (Å²) in [5, 5.41) is 17.8. The van der Waals surface area contributed by atoms with Crippen LogP contribution in [0.2, 0.25) is 0 Å². The van der Waals surface area contributed by atoms with E-state index in [-0.39, 0.29) is 6.29 Å². The number of anilines is 1. The van der Waals surface area contributed by atoms with Crippen LogP contribution in [0.3, 0.4) is 0 Å². The van der Waals surface area contributed by atoms with Crippen molar-refractivity contribution in [3.8, 4) is 5.75 Å². The van der Waals surface area contributed by atoms with Crippen molar-refractivity contribution in [3.05, 3.63) is 23.8 Å². The third kappa shape index (κ3) is 5.81. The summed E-state index contributed by atoms with van der Waals surface area (Å²) in [4.78, 5) is 2.47. The van der Waals surface area contributed by atoms with E-state index in [0.717, 1.165) is 57.0 Å². The van der Waals surface area contributed by atoms with Crippen molar-refractivity contribution in [2.24, 2.45) is 0 Å². The van der Waals surface area contributed by atoms with Gasteiger partial charge in [-0.1, -0.05) is 6.92 Å². The largest absolute Gasteiger partial charge is 0.496 e. The Balaban J connectivity index is 1.63. The van der Waals surface area contributed by atoms with Gasteiger partial charge in [0.15, 0.2) is 0 Å². The summed E-state index contributed by atoms with van der Waals surface area (Å²) in [5.74, 6) is 0.938. The molecule has 0 aliphatic carbocycles. The summed E-state index contributed by atoms with van der Waals surface area (Å²) in [6.45, 7) is 7.36. The zero-order chi connectivity index (χ0) is 19.8. The SMILES string of the molecule is CCCN1CCC(NC)NC1Nc1ccc(OC)c(CNC[C@@H]2CCCN2)c1. The van der Waals surface area contributed by atoms with E-state index in [9.17, 15) is 0 Å². The van der Waals surface area contributed by atoms with Crippen LogP contribution in [0.25, 0.3) is 0 Å². The van der Waals surface area contributed by atoms with Gasteiger partial charge in [0.1, 0.15) is 12.0 Å². The Kier molecular flexibility index (Phi) is 8.36. The van der Waals surface area contributed by atoms with E-state index >= 15 is 0 Å². The molecule has 2 aliphatic rings. The predicted octanol–water partition coefficient (Wildman–Crippen LogP) is 1.48. The van der Waals surface area contributed by atoms with E-state index in [1.165, 1.54) is 18.4 Å². The van der Waals surface area contributed by atoms with Gasteiger partial charge in [0.25, 0.3) is 0 Å². The van der Waals surface area contributed by atoms with Crippen LogP contribution >= 0.6 is 0 Å².